The van der Waals surface area contributed by atoms with E-state index in [1.54, 1.807) is 0 Å². The van der Waals surface area contributed by atoms with Gasteiger partial charge in [0.25, 0.3) is 0 Å². The van der Waals surface area contributed by atoms with Crippen molar-refractivity contribution in [2.45, 2.75) is 47.0 Å². The van der Waals surface area contributed by atoms with Crippen molar-refractivity contribution in [2.24, 2.45) is 10.9 Å². The van der Waals surface area contributed by atoms with Crippen LogP contribution in [-0.2, 0) is 0 Å². The Morgan fingerprint density at radius 2 is 1.27 bits per heavy atom. The monoisotopic (exact) mass is 721 g/mol. The summed E-state index contributed by atoms with van der Waals surface area (Å²) in [5.41, 5.74) is 10.9. The van der Waals surface area contributed by atoms with E-state index in [4.69, 9.17) is 4.99 Å². The van der Waals surface area contributed by atoms with Crippen LogP contribution in [0, 0.1) is 5.92 Å². The molecule has 3 heteroatoms. The molecule has 5 rings (SSSR count). The van der Waals surface area contributed by atoms with Gasteiger partial charge in [-0.2, -0.15) is 0 Å². The van der Waals surface area contributed by atoms with Crippen LogP contribution in [0.4, 0.5) is 11.4 Å². The quantitative estimate of drug-likeness (QED) is 0.0663. The van der Waals surface area contributed by atoms with Gasteiger partial charge in [-0.15, -0.1) is 0 Å². The van der Waals surface area contributed by atoms with Crippen molar-refractivity contribution < 1.29 is 0 Å². The lowest BCUT2D eigenvalue weighted by atomic mass is 9.96. The smallest absolute Gasteiger partial charge is 0.135 e. The molecule has 5 aromatic carbocycles. The third kappa shape index (κ3) is 11.4. The molecular weight excluding hydrogens is 667 g/mol. The molecule has 0 aliphatic heterocycles. The number of allylic oxidation sites excluding steroid dienone is 7. The van der Waals surface area contributed by atoms with Gasteiger partial charge in [0.2, 0.25) is 0 Å². The van der Waals surface area contributed by atoms with Crippen LogP contribution in [0.1, 0.15) is 58.1 Å². The molecule has 1 atom stereocenters. The molecule has 0 amide bonds. The highest BCUT2D eigenvalue weighted by molar-refractivity contribution is 6.02. The molecule has 0 fully saturated rings. The molecule has 0 aliphatic rings. The molecule has 0 saturated carbocycles. The first-order valence-corrected chi connectivity index (χ1v) is 19.4. The topological polar surface area (TPSA) is 18.8 Å². The van der Waals surface area contributed by atoms with E-state index < -0.39 is 0 Å². The van der Waals surface area contributed by atoms with Crippen LogP contribution in [0.3, 0.4) is 0 Å². The van der Waals surface area contributed by atoms with E-state index in [0.717, 1.165) is 70.3 Å². The molecule has 278 valence electrons. The van der Waals surface area contributed by atoms with Gasteiger partial charge in [0.15, 0.2) is 0 Å². The van der Waals surface area contributed by atoms with E-state index in [2.05, 4.69) is 201 Å². The van der Waals surface area contributed by atoms with Gasteiger partial charge in [-0.25, -0.2) is 4.99 Å². The number of rotatable bonds is 18. The molecule has 0 aliphatic carbocycles. The van der Waals surface area contributed by atoms with Gasteiger partial charge in [-0.05, 0) is 103 Å². The van der Waals surface area contributed by atoms with Crippen molar-refractivity contribution >= 4 is 22.7 Å². The van der Waals surface area contributed by atoms with Gasteiger partial charge < -0.3 is 4.90 Å². The fourth-order valence-corrected chi connectivity index (χ4v) is 6.44. The van der Waals surface area contributed by atoms with Crippen molar-refractivity contribution in [1.82, 2.24) is 0 Å². The van der Waals surface area contributed by atoms with Crippen molar-refractivity contribution in [2.75, 3.05) is 16.3 Å². The van der Waals surface area contributed by atoms with Crippen molar-refractivity contribution in [3.05, 3.63) is 224 Å². The third-order valence-electron chi connectivity index (χ3n) is 9.71. The molecule has 0 radical (unpaired) electrons. The minimum Gasteiger partial charge on any atom is -0.338 e. The average Bonchev–Trinajstić information content (AvgIpc) is 3.24. The zero-order chi connectivity index (χ0) is 38.8. The zero-order valence-electron chi connectivity index (χ0n) is 33.0. The van der Waals surface area contributed by atoms with E-state index in [-0.39, 0.29) is 5.92 Å². The Bertz CT molecular complexity index is 2120. The summed E-state index contributed by atoms with van der Waals surface area (Å²) in [5.74, 6) is 1.09. The van der Waals surface area contributed by atoms with Crippen LogP contribution in [0.15, 0.2) is 217 Å². The maximum absolute atomic E-state index is 5.63. The third-order valence-corrected chi connectivity index (χ3v) is 9.71. The normalized spacial score (nSPS) is 12.9. The number of anilines is 2. The fourth-order valence-electron chi connectivity index (χ4n) is 6.44. The predicted molar refractivity (Wildman–Crippen MR) is 240 cm³/mol. The highest BCUT2D eigenvalue weighted by atomic mass is 15.2. The number of hydrogen-bond donors (Lipinski definition) is 0. The first-order chi connectivity index (χ1) is 26.9. The number of nitrogens with zero attached hydrogens (tertiary/aromatic N) is 3. The Balaban J connectivity index is 1.65. The van der Waals surface area contributed by atoms with Crippen LogP contribution >= 0.6 is 0 Å². The minimum absolute atomic E-state index is 0.235. The van der Waals surface area contributed by atoms with Crippen molar-refractivity contribution in [1.29, 1.82) is 0 Å². The number of benzene rings is 5. The molecule has 0 saturated heterocycles. The molecule has 0 spiro atoms. The van der Waals surface area contributed by atoms with Gasteiger partial charge >= 0.3 is 0 Å². The first kappa shape index (κ1) is 40.0. The molecule has 3 nitrogen and oxygen atoms in total. The molecule has 0 aromatic heterocycles. The van der Waals surface area contributed by atoms with Gasteiger partial charge in [0.1, 0.15) is 5.82 Å². The van der Waals surface area contributed by atoms with Gasteiger partial charge in [0.05, 0.1) is 5.71 Å². The Kier molecular flexibility index (Phi) is 15.2. The average molecular weight is 722 g/mol. The van der Waals surface area contributed by atoms with Gasteiger partial charge in [0, 0.05) is 29.3 Å². The molecule has 55 heavy (non-hydrogen) atoms. The Labute approximate surface area is 330 Å². The first-order valence-electron chi connectivity index (χ1n) is 19.4. The second kappa shape index (κ2) is 20.9. The van der Waals surface area contributed by atoms with Crippen LogP contribution in [-0.4, -0.2) is 12.3 Å². The summed E-state index contributed by atoms with van der Waals surface area (Å²) >= 11 is 0. The Hall–Kier alpha value is -6.19. The van der Waals surface area contributed by atoms with E-state index in [9.17, 15) is 0 Å². The molecular formula is C52H55N3. The number of hydrogen-bond acceptors (Lipinski definition) is 3. The van der Waals surface area contributed by atoms with E-state index in [0.29, 0.717) is 6.54 Å². The summed E-state index contributed by atoms with van der Waals surface area (Å²) in [5, 5.41) is 0. The summed E-state index contributed by atoms with van der Waals surface area (Å²) in [7, 11) is 0. The summed E-state index contributed by atoms with van der Waals surface area (Å²) < 4.78 is 0. The van der Waals surface area contributed by atoms with E-state index in [1.165, 1.54) is 11.1 Å². The second-order valence-corrected chi connectivity index (χ2v) is 13.7. The minimum atomic E-state index is 0.235. The lowest BCUT2D eigenvalue weighted by molar-refractivity contribution is 0.737. The van der Waals surface area contributed by atoms with E-state index >= 15 is 0 Å². The SMILES string of the molecule is C=C(CC/C=C(\C)N(C(=C/CN(C(=C)/C=C\C=C/C)c1cccc(-c2ccccc2)c1)/N=C(/c1ccccc1)C(C)CC)c1ccccc1)c1ccccc1. The molecule has 0 N–H and O–H groups in total. The molecule has 1 unspecified atom stereocenters. The standard InChI is InChI=1S/C52H55N3/c1-7-9-14-26-43(5)54(50-37-24-34-48(40-50)46-30-17-11-18-31-46)39-38-51(53-52(41(3)8-2)47-32-19-12-20-33-47)55(49-35-21-13-22-36-49)44(6)27-23-25-42(4)45-28-15-10-16-29-45/h7,9-22,24,26-38,40-41H,4-5,8,23,25,39H2,1-3,6H3/b9-7-,26-14-,44-27+,51-38+,53-52+. The summed E-state index contributed by atoms with van der Waals surface area (Å²) in [6, 6.07) is 50.8. The van der Waals surface area contributed by atoms with Crippen LogP contribution in [0.5, 0.6) is 0 Å². The number of para-hydroxylation sites is 1. The van der Waals surface area contributed by atoms with Crippen LogP contribution in [0.25, 0.3) is 16.7 Å². The fraction of sp³-hybridized carbons (Fsp3) is 0.173. The number of aliphatic imine (C=N–C) groups is 1. The summed E-state index contributed by atoms with van der Waals surface area (Å²) in [6.45, 7) is 18.2. The van der Waals surface area contributed by atoms with Crippen molar-refractivity contribution in [3.63, 3.8) is 0 Å². The Morgan fingerprint density at radius 1 is 0.691 bits per heavy atom. The van der Waals surface area contributed by atoms with E-state index in [1.807, 2.05) is 31.2 Å². The van der Waals surface area contributed by atoms with Crippen molar-refractivity contribution in [3.8, 4) is 11.1 Å². The maximum atomic E-state index is 5.63. The van der Waals surface area contributed by atoms with Crippen LogP contribution < -0.4 is 9.80 Å². The molecule has 5 aromatic rings. The lowest BCUT2D eigenvalue weighted by Gasteiger charge is -2.29. The highest BCUT2D eigenvalue weighted by Gasteiger charge is 2.19. The Morgan fingerprint density at radius 3 is 1.91 bits per heavy atom. The van der Waals surface area contributed by atoms with Gasteiger partial charge in [-0.1, -0.05) is 173 Å². The predicted octanol–water partition coefficient (Wildman–Crippen LogP) is 14.1. The summed E-state index contributed by atoms with van der Waals surface area (Å²) in [4.78, 5) is 10.2. The summed E-state index contributed by atoms with van der Waals surface area (Å²) in [6.07, 6.45) is 15.4. The molecule has 0 bridgehead atoms. The highest BCUT2D eigenvalue weighted by Crippen LogP contribution is 2.31. The van der Waals surface area contributed by atoms with Crippen LogP contribution in [0.2, 0.25) is 0 Å². The maximum Gasteiger partial charge on any atom is 0.135 e. The zero-order valence-corrected chi connectivity index (χ0v) is 33.0. The lowest BCUT2D eigenvalue weighted by Crippen LogP contribution is -2.26. The van der Waals surface area contributed by atoms with Gasteiger partial charge in [-0.3, -0.25) is 4.90 Å². The second-order valence-electron chi connectivity index (χ2n) is 13.7. The largest absolute Gasteiger partial charge is 0.338 e. The molecule has 0 heterocycles.